The minimum Gasteiger partial charge on any atom is -0.435 e. The molecule has 206 valence electrons. The van der Waals surface area contributed by atoms with E-state index in [-0.39, 0.29) is 0 Å². The molecule has 0 N–H and O–H groups in total. The van der Waals surface area contributed by atoms with Crippen LogP contribution in [0.15, 0.2) is 162 Å². The van der Waals surface area contributed by atoms with E-state index >= 15 is 0 Å². The second-order valence-corrected chi connectivity index (χ2v) is 11.2. The molecule has 0 radical (unpaired) electrons. The van der Waals surface area contributed by atoms with E-state index in [1.807, 2.05) is 30.3 Å². The van der Waals surface area contributed by atoms with Gasteiger partial charge in [-0.25, -0.2) is 4.98 Å². The molecule has 44 heavy (non-hydrogen) atoms. The summed E-state index contributed by atoms with van der Waals surface area (Å²) in [5, 5.41) is 9.46. The van der Waals surface area contributed by atoms with E-state index in [9.17, 15) is 0 Å². The second-order valence-electron chi connectivity index (χ2n) is 11.2. The fourth-order valence-electron chi connectivity index (χ4n) is 6.51. The summed E-state index contributed by atoms with van der Waals surface area (Å²) in [6.45, 7) is 0. The van der Waals surface area contributed by atoms with Gasteiger partial charge in [0, 0.05) is 28.0 Å². The maximum atomic E-state index is 6.51. The molecule has 9 rings (SSSR count). The Morgan fingerprint density at radius 2 is 1.00 bits per heavy atom. The minimum atomic E-state index is 0.635. The van der Waals surface area contributed by atoms with Crippen LogP contribution < -0.4 is 4.90 Å². The third-order valence-corrected chi connectivity index (χ3v) is 8.62. The number of aromatic nitrogens is 1. The molecule has 0 aliphatic heterocycles. The van der Waals surface area contributed by atoms with E-state index in [0.29, 0.717) is 5.89 Å². The number of oxazole rings is 1. The van der Waals surface area contributed by atoms with E-state index in [1.165, 1.54) is 21.5 Å². The molecule has 0 saturated heterocycles. The molecule has 8 aromatic carbocycles. The van der Waals surface area contributed by atoms with E-state index in [2.05, 4.69) is 132 Å². The molecule has 0 atom stereocenters. The number of para-hydroxylation sites is 1. The lowest BCUT2D eigenvalue weighted by atomic mass is 9.99. The van der Waals surface area contributed by atoms with Crippen molar-refractivity contribution in [2.45, 2.75) is 0 Å². The lowest BCUT2D eigenvalue weighted by Gasteiger charge is -2.26. The first kappa shape index (κ1) is 24.6. The summed E-state index contributed by atoms with van der Waals surface area (Å²) in [5.41, 5.74) is 5.93. The van der Waals surface area contributed by atoms with Gasteiger partial charge < -0.3 is 9.32 Å². The van der Waals surface area contributed by atoms with Gasteiger partial charge in [0.25, 0.3) is 0 Å². The van der Waals surface area contributed by atoms with Crippen molar-refractivity contribution in [3.8, 4) is 11.5 Å². The molecule has 0 bridgehead atoms. The van der Waals surface area contributed by atoms with Gasteiger partial charge in [-0.15, -0.1) is 0 Å². The normalized spacial score (nSPS) is 11.6. The Morgan fingerprint density at radius 1 is 0.432 bits per heavy atom. The van der Waals surface area contributed by atoms with E-state index in [0.717, 1.165) is 55.3 Å². The number of fused-ring (bicyclic) bond motifs is 8. The second kappa shape index (κ2) is 9.82. The maximum absolute atomic E-state index is 6.51. The van der Waals surface area contributed by atoms with Crippen molar-refractivity contribution < 1.29 is 4.42 Å². The number of rotatable bonds is 4. The van der Waals surface area contributed by atoms with Crippen molar-refractivity contribution in [3.63, 3.8) is 0 Å². The smallest absolute Gasteiger partial charge is 0.227 e. The van der Waals surface area contributed by atoms with Gasteiger partial charge in [-0.1, -0.05) is 103 Å². The van der Waals surface area contributed by atoms with Crippen molar-refractivity contribution in [2.24, 2.45) is 0 Å². The van der Waals surface area contributed by atoms with Gasteiger partial charge >= 0.3 is 0 Å². The molecule has 0 amide bonds. The molecule has 3 nitrogen and oxygen atoms in total. The zero-order chi connectivity index (χ0) is 29.0. The highest BCUT2D eigenvalue weighted by molar-refractivity contribution is 6.19. The Kier molecular flexibility index (Phi) is 5.50. The number of hydrogen-bond acceptors (Lipinski definition) is 3. The fourth-order valence-corrected chi connectivity index (χ4v) is 6.51. The molecular weight excluding hydrogens is 536 g/mol. The van der Waals surface area contributed by atoms with Crippen molar-refractivity contribution in [3.05, 3.63) is 158 Å². The van der Waals surface area contributed by atoms with Crippen molar-refractivity contribution in [1.82, 2.24) is 4.98 Å². The molecular formula is C41H26N2O. The lowest BCUT2D eigenvalue weighted by Crippen LogP contribution is -2.09. The van der Waals surface area contributed by atoms with Crippen LogP contribution in [0.5, 0.6) is 0 Å². The van der Waals surface area contributed by atoms with Crippen LogP contribution in [-0.4, -0.2) is 4.98 Å². The average Bonchev–Trinajstić information content (AvgIpc) is 3.54. The van der Waals surface area contributed by atoms with Crippen LogP contribution in [0.3, 0.4) is 0 Å². The zero-order valence-corrected chi connectivity index (χ0v) is 23.8. The van der Waals surface area contributed by atoms with Crippen LogP contribution in [-0.2, 0) is 0 Å². The molecule has 1 heterocycles. The van der Waals surface area contributed by atoms with Crippen LogP contribution in [0.4, 0.5) is 17.1 Å². The van der Waals surface area contributed by atoms with Crippen LogP contribution in [0.2, 0.25) is 0 Å². The highest BCUT2D eigenvalue weighted by Crippen LogP contribution is 2.41. The Labute approximate surface area is 254 Å². The monoisotopic (exact) mass is 562 g/mol. The van der Waals surface area contributed by atoms with Gasteiger partial charge in [-0.2, -0.15) is 0 Å². The third-order valence-electron chi connectivity index (χ3n) is 8.62. The topological polar surface area (TPSA) is 29.3 Å². The molecule has 0 unspecified atom stereocenters. The molecule has 9 aromatic rings. The van der Waals surface area contributed by atoms with Gasteiger partial charge in [-0.05, 0) is 92.3 Å². The summed E-state index contributed by atoms with van der Waals surface area (Å²) in [5.74, 6) is 0.635. The minimum absolute atomic E-state index is 0.635. The van der Waals surface area contributed by atoms with Crippen molar-refractivity contribution in [2.75, 3.05) is 4.90 Å². The van der Waals surface area contributed by atoms with Crippen LogP contribution in [0.25, 0.3) is 65.6 Å². The number of anilines is 3. The van der Waals surface area contributed by atoms with E-state index < -0.39 is 0 Å². The highest BCUT2D eigenvalue weighted by Gasteiger charge is 2.17. The van der Waals surface area contributed by atoms with E-state index in [4.69, 9.17) is 9.40 Å². The number of nitrogens with zero attached hydrogens (tertiary/aromatic N) is 2. The largest absolute Gasteiger partial charge is 0.435 e. The maximum Gasteiger partial charge on any atom is 0.227 e. The first-order valence-corrected chi connectivity index (χ1v) is 14.9. The van der Waals surface area contributed by atoms with Gasteiger partial charge in [0.1, 0.15) is 5.52 Å². The number of hydrogen-bond donors (Lipinski definition) is 0. The Morgan fingerprint density at radius 3 is 1.77 bits per heavy atom. The molecule has 0 saturated carbocycles. The summed E-state index contributed by atoms with van der Waals surface area (Å²) in [6.07, 6.45) is 0. The molecule has 0 aliphatic rings. The Hall–Kier alpha value is -5.93. The SMILES string of the molecule is c1ccc(-c2nc3ccc4ccc5ccc(N(c6ccccc6)c6ccc7ccc8ccccc8c7c6)cc5c4c3o2)cc1. The highest BCUT2D eigenvalue weighted by atomic mass is 16.3. The van der Waals surface area contributed by atoms with Crippen LogP contribution >= 0.6 is 0 Å². The summed E-state index contributed by atoms with van der Waals surface area (Å²) >= 11 is 0. The van der Waals surface area contributed by atoms with Crippen LogP contribution in [0, 0.1) is 0 Å². The van der Waals surface area contributed by atoms with Gasteiger partial charge in [0.15, 0.2) is 5.58 Å². The van der Waals surface area contributed by atoms with Gasteiger partial charge in [0.05, 0.1) is 0 Å². The molecule has 0 fully saturated rings. The quantitative estimate of drug-likeness (QED) is 0.200. The van der Waals surface area contributed by atoms with Crippen LogP contribution in [0.1, 0.15) is 0 Å². The van der Waals surface area contributed by atoms with Gasteiger partial charge in [0.2, 0.25) is 5.89 Å². The standard InChI is InChI=1S/C41H26N2O/c1-3-10-31(11-4-1)41-42-38-24-21-30-18-17-29-20-23-34(26-37(29)39(30)40(38)44-41)43(32-12-5-2-6-13-32)33-22-19-28-16-15-27-9-7-8-14-35(27)36(28)25-33/h1-26H. The molecule has 1 aromatic heterocycles. The van der Waals surface area contributed by atoms with E-state index in [1.54, 1.807) is 0 Å². The first-order valence-electron chi connectivity index (χ1n) is 14.9. The van der Waals surface area contributed by atoms with Crippen molar-refractivity contribution >= 4 is 71.3 Å². The Balaban J connectivity index is 1.29. The summed E-state index contributed by atoms with van der Waals surface area (Å²) in [4.78, 5) is 7.21. The molecule has 0 spiro atoms. The zero-order valence-electron chi connectivity index (χ0n) is 23.8. The predicted octanol–water partition coefficient (Wildman–Crippen LogP) is 11.6. The summed E-state index contributed by atoms with van der Waals surface area (Å²) < 4.78 is 6.51. The first-order chi connectivity index (χ1) is 21.8. The van der Waals surface area contributed by atoms with Crippen molar-refractivity contribution in [1.29, 1.82) is 0 Å². The summed E-state index contributed by atoms with van der Waals surface area (Å²) in [7, 11) is 0. The lowest BCUT2D eigenvalue weighted by molar-refractivity contribution is 0.623. The molecule has 3 heteroatoms. The number of benzene rings is 8. The molecule has 0 aliphatic carbocycles. The summed E-state index contributed by atoms with van der Waals surface area (Å²) in [6, 6.07) is 55.8. The predicted molar refractivity (Wildman–Crippen MR) is 184 cm³/mol. The third kappa shape index (κ3) is 3.94. The Bertz CT molecular complexity index is 2500. The average molecular weight is 563 g/mol. The fraction of sp³-hybridized carbons (Fsp3) is 0. The van der Waals surface area contributed by atoms with Gasteiger partial charge in [-0.3, -0.25) is 0 Å².